The molecule has 0 aliphatic heterocycles. The fourth-order valence-electron chi connectivity index (χ4n) is 1.98. The predicted molar refractivity (Wildman–Crippen MR) is 85.1 cm³/mol. The first-order valence-corrected chi connectivity index (χ1v) is 7.17. The van der Waals surface area contributed by atoms with E-state index in [1.807, 2.05) is 0 Å². The SMILES string of the molecule is O=[N+]([O-])c1cc(NCc2nc(-c3ccc(Cl)cc3)no2)ccc1F. The summed E-state index contributed by atoms with van der Waals surface area (Å²) < 4.78 is 18.4. The minimum atomic E-state index is -0.895. The molecule has 0 radical (unpaired) electrons. The third-order valence-electron chi connectivity index (χ3n) is 3.16. The maximum atomic E-state index is 13.3. The van der Waals surface area contributed by atoms with E-state index in [2.05, 4.69) is 15.5 Å². The van der Waals surface area contributed by atoms with Crippen LogP contribution < -0.4 is 5.32 Å². The van der Waals surface area contributed by atoms with Gasteiger partial charge in [-0.3, -0.25) is 10.1 Å². The van der Waals surface area contributed by atoms with Gasteiger partial charge in [-0.25, -0.2) is 0 Å². The van der Waals surface area contributed by atoms with Crippen LogP contribution in [0, 0.1) is 15.9 Å². The third kappa shape index (κ3) is 3.49. The Hall–Kier alpha value is -3.00. The van der Waals surface area contributed by atoms with Gasteiger partial charge in [0.25, 0.3) is 0 Å². The van der Waals surface area contributed by atoms with Crippen molar-refractivity contribution in [2.45, 2.75) is 6.54 Å². The van der Waals surface area contributed by atoms with E-state index < -0.39 is 16.4 Å². The summed E-state index contributed by atoms with van der Waals surface area (Å²) in [7, 11) is 0. The fourth-order valence-corrected chi connectivity index (χ4v) is 2.11. The molecule has 0 atom stereocenters. The van der Waals surface area contributed by atoms with Gasteiger partial charge in [0.1, 0.15) is 0 Å². The standard InChI is InChI=1S/C15H10ClFN4O3/c16-10-3-1-9(2-4-10)15-19-14(24-20-15)8-18-11-5-6-12(17)13(7-11)21(22)23/h1-7,18H,8H2. The highest BCUT2D eigenvalue weighted by molar-refractivity contribution is 6.30. The van der Waals surface area contributed by atoms with Gasteiger partial charge in [0.15, 0.2) is 0 Å². The van der Waals surface area contributed by atoms with E-state index in [0.717, 1.165) is 17.7 Å². The molecule has 0 fully saturated rings. The maximum Gasteiger partial charge on any atom is 0.306 e. The van der Waals surface area contributed by atoms with Crippen LogP contribution in [-0.4, -0.2) is 15.1 Å². The monoisotopic (exact) mass is 348 g/mol. The second-order valence-corrected chi connectivity index (χ2v) is 5.23. The molecular weight excluding hydrogens is 339 g/mol. The number of nitro benzene ring substituents is 1. The summed E-state index contributed by atoms with van der Waals surface area (Å²) in [6.07, 6.45) is 0. The summed E-state index contributed by atoms with van der Waals surface area (Å²) >= 11 is 5.82. The Morgan fingerprint density at radius 2 is 2.00 bits per heavy atom. The van der Waals surface area contributed by atoms with Crippen LogP contribution in [0.5, 0.6) is 0 Å². The van der Waals surface area contributed by atoms with Crippen molar-refractivity contribution < 1.29 is 13.8 Å². The van der Waals surface area contributed by atoms with Gasteiger partial charge in [-0.2, -0.15) is 9.37 Å². The minimum Gasteiger partial charge on any atom is -0.376 e. The quantitative estimate of drug-likeness (QED) is 0.552. The highest BCUT2D eigenvalue weighted by Gasteiger charge is 2.15. The van der Waals surface area contributed by atoms with Gasteiger partial charge in [0, 0.05) is 22.3 Å². The summed E-state index contributed by atoms with van der Waals surface area (Å²) in [6.45, 7) is 0.142. The van der Waals surface area contributed by atoms with Crippen LogP contribution in [0.1, 0.15) is 5.89 Å². The topological polar surface area (TPSA) is 94.1 Å². The second kappa shape index (κ2) is 6.63. The van der Waals surface area contributed by atoms with Gasteiger partial charge in [-0.05, 0) is 36.4 Å². The smallest absolute Gasteiger partial charge is 0.306 e. The Kier molecular flexibility index (Phi) is 4.39. The Morgan fingerprint density at radius 1 is 1.25 bits per heavy atom. The predicted octanol–water partition coefficient (Wildman–Crippen LogP) is 4.05. The zero-order valence-electron chi connectivity index (χ0n) is 12.1. The molecule has 0 saturated carbocycles. The van der Waals surface area contributed by atoms with Crippen molar-refractivity contribution in [2.75, 3.05) is 5.32 Å². The molecular formula is C15H10ClFN4O3. The molecule has 0 amide bonds. The average Bonchev–Trinajstić information content (AvgIpc) is 3.03. The van der Waals surface area contributed by atoms with E-state index in [1.165, 1.54) is 6.07 Å². The number of nitrogens with zero attached hydrogens (tertiary/aromatic N) is 3. The number of anilines is 1. The van der Waals surface area contributed by atoms with Gasteiger partial charge in [0.05, 0.1) is 11.5 Å². The van der Waals surface area contributed by atoms with Gasteiger partial charge in [0.2, 0.25) is 17.5 Å². The van der Waals surface area contributed by atoms with Crippen molar-refractivity contribution in [1.82, 2.24) is 10.1 Å². The van der Waals surface area contributed by atoms with Crippen molar-refractivity contribution >= 4 is 23.0 Å². The molecule has 0 aliphatic rings. The summed E-state index contributed by atoms with van der Waals surface area (Å²) in [5, 5.41) is 18.0. The maximum absolute atomic E-state index is 13.3. The molecule has 0 saturated heterocycles. The minimum absolute atomic E-state index is 0.142. The lowest BCUT2D eigenvalue weighted by Gasteiger charge is -2.03. The number of hydrogen-bond acceptors (Lipinski definition) is 6. The molecule has 2 aromatic carbocycles. The van der Waals surface area contributed by atoms with Crippen LogP contribution in [0.4, 0.5) is 15.8 Å². The van der Waals surface area contributed by atoms with Gasteiger partial charge in [-0.1, -0.05) is 16.8 Å². The molecule has 24 heavy (non-hydrogen) atoms. The fraction of sp³-hybridized carbons (Fsp3) is 0.0667. The Labute approximate surface area is 140 Å². The highest BCUT2D eigenvalue weighted by Crippen LogP contribution is 2.22. The highest BCUT2D eigenvalue weighted by atomic mass is 35.5. The molecule has 1 N–H and O–H groups in total. The van der Waals surface area contributed by atoms with Gasteiger partial charge < -0.3 is 9.84 Å². The number of nitro groups is 1. The molecule has 9 heteroatoms. The van der Waals surface area contributed by atoms with E-state index in [4.69, 9.17) is 16.1 Å². The summed E-state index contributed by atoms with van der Waals surface area (Å²) in [5.74, 6) is -0.214. The zero-order chi connectivity index (χ0) is 17.1. The molecule has 0 bridgehead atoms. The lowest BCUT2D eigenvalue weighted by atomic mass is 10.2. The van der Waals surface area contributed by atoms with Crippen molar-refractivity contribution in [3.8, 4) is 11.4 Å². The molecule has 1 heterocycles. The van der Waals surface area contributed by atoms with Gasteiger partial charge >= 0.3 is 5.69 Å². The van der Waals surface area contributed by atoms with E-state index in [9.17, 15) is 14.5 Å². The molecule has 122 valence electrons. The van der Waals surface area contributed by atoms with E-state index in [-0.39, 0.29) is 12.4 Å². The first kappa shape index (κ1) is 15.9. The number of hydrogen-bond donors (Lipinski definition) is 1. The number of halogens is 2. The lowest BCUT2D eigenvalue weighted by Crippen LogP contribution is -2.01. The Bertz CT molecular complexity index is 883. The van der Waals surface area contributed by atoms with E-state index in [0.29, 0.717) is 16.5 Å². The first-order chi connectivity index (χ1) is 11.5. The van der Waals surface area contributed by atoms with Crippen LogP contribution in [0.25, 0.3) is 11.4 Å². The van der Waals surface area contributed by atoms with Crippen molar-refractivity contribution in [3.05, 3.63) is 69.3 Å². The molecule has 0 aliphatic carbocycles. The molecule has 7 nitrogen and oxygen atoms in total. The van der Waals surface area contributed by atoms with Crippen LogP contribution in [-0.2, 0) is 6.54 Å². The zero-order valence-corrected chi connectivity index (χ0v) is 12.8. The Balaban J connectivity index is 1.71. The Morgan fingerprint density at radius 3 is 2.71 bits per heavy atom. The van der Waals surface area contributed by atoms with Crippen molar-refractivity contribution in [3.63, 3.8) is 0 Å². The molecule has 0 unspecified atom stereocenters. The van der Waals surface area contributed by atoms with E-state index in [1.54, 1.807) is 24.3 Å². The molecule has 1 aromatic heterocycles. The molecule has 3 aromatic rings. The molecule has 0 spiro atoms. The van der Waals surface area contributed by atoms with Crippen LogP contribution in [0.3, 0.4) is 0 Å². The summed E-state index contributed by atoms with van der Waals surface area (Å²) in [4.78, 5) is 14.1. The van der Waals surface area contributed by atoms with Crippen LogP contribution in [0.2, 0.25) is 5.02 Å². The molecule has 3 rings (SSSR count). The average molecular weight is 349 g/mol. The third-order valence-corrected chi connectivity index (χ3v) is 3.41. The van der Waals surface area contributed by atoms with Crippen LogP contribution in [0.15, 0.2) is 47.0 Å². The number of nitrogens with one attached hydrogen (secondary N) is 1. The van der Waals surface area contributed by atoms with Crippen molar-refractivity contribution in [1.29, 1.82) is 0 Å². The summed E-state index contributed by atoms with van der Waals surface area (Å²) in [6, 6.07) is 10.4. The van der Waals surface area contributed by atoms with E-state index >= 15 is 0 Å². The van der Waals surface area contributed by atoms with Gasteiger partial charge in [-0.15, -0.1) is 0 Å². The van der Waals surface area contributed by atoms with Crippen LogP contribution >= 0.6 is 11.6 Å². The summed E-state index contributed by atoms with van der Waals surface area (Å²) in [5.41, 5.74) is 0.508. The second-order valence-electron chi connectivity index (χ2n) is 4.80. The largest absolute Gasteiger partial charge is 0.376 e. The normalized spacial score (nSPS) is 10.6. The lowest BCUT2D eigenvalue weighted by molar-refractivity contribution is -0.387. The number of rotatable bonds is 5. The number of aromatic nitrogens is 2. The number of benzene rings is 2. The van der Waals surface area contributed by atoms with Crippen molar-refractivity contribution in [2.24, 2.45) is 0 Å². The first-order valence-electron chi connectivity index (χ1n) is 6.79.